The number of hydrogen-bond donors (Lipinski definition) is 1. The molecule has 1 aromatic carbocycles. The van der Waals surface area contributed by atoms with Gasteiger partial charge in [0.15, 0.2) is 6.10 Å². The van der Waals surface area contributed by atoms with Gasteiger partial charge in [-0.25, -0.2) is 4.98 Å². The van der Waals surface area contributed by atoms with Crippen LogP contribution in [0.5, 0.6) is 0 Å². The first kappa shape index (κ1) is 17.0. The lowest BCUT2D eigenvalue weighted by atomic mass is 10.3. The number of alkyl halides is 3. The van der Waals surface area contributed by atoms with Crippen molar-refractivity contribution < 1.29 is 27.4 Å². The number of amides is 1. The van der Waals surface area contributed by atoms with Gasteiger partial charge in [-0.3, -0.25) is 10.1 Å². The second kappa shape index (κ2) is 6.58. The third-order valence-electron chi connectivity index (χ3n) is 3.41. The van der Waals surface area contributed by atoms with Gasteiger partial charge in [0.25, 0.3) is 5.91 Å². The Morgan fingerprint density at radius 2 is 2.21 bits per heavy atom. The maximum Gasteiger partial charge on any atom is 0.406 e. The van der Waals surface area contributed by atoms with Crippen LogP contribution in [-0.2, 0) is 20.8 Å². The van der Waals surface area contributed by atoms with Crippen molar-refractivity contribution in [2.75, 3.05) is 25.1 Å². The Morgan fingerprint density at radius 3 is 2.88 bits per heavy atom. The van der Waals surface area contributed by atoms with Gasteiger partial charge >= 0.3 is 6.18 Å². The van der Waals surface area contributed by atoms with Gasteiger partial charge in [-0.05, 0) is 12.1 Å². The van der Waals surface area contributed by atoms with Crippen molar-refractivity contribution in [2.45, 2.75) is 18.8 Å². The number of fused-ring (bicyclic) bond motifs is 1. The number of carbonyl (C=O) groups excluding carboxylic acids is 1. The van der Waals surface area contributed by atoms with E-state index in [9.17, 15) is 18.0 Å². The highest BCUT2D eigenvalue weighted by Crippen LogP contribution is 2.29. The Morgan fingerprint density at radius 1 is 1.42 bits per heavy atom. The maximum atomic E-state index is 12.9. The molecule has 1 fully saturated rings. The topological polar surface area (TPSA) is 65.4 Å². The normalized spacial score (nSPS) is 18.8. The summed E-state index contributed by atoms with van der Waals surface area (Å²) in [6, 6.07) is 4.48. The van der Waals surface area contributed by atoms with Crippen LogP contribution in [0, 0.1) is 0 Å². The zero-order chi connectivity index (χ0) is 17.3. The molecule has 10 heteroatoms. The highest BCUT2D eigenvalue weighted by Gasteiger charge is 2.32. The van der Waals surface area contributed by atoms with Crippen LogP contribution in [0.4, 0.5) is 19.1 Å². The minimum atomic E-state index is -4.49. The summed E-state index contributed by atoms with van der Waals surface area (Å²) < 4.78 is 49.8. The van der Waals surface area contributed by atoms with Crippen LogP contribution in [0.15, 0.2) is 18.2 Å². The fourth-order valence-electron chi connectivity index (χ4n) is 2.38. The summed E-state index contributed by atoms with van der Waals surface area (Å²) in [6.07, 6.45) is -5.38. The molecule has 0 radical (unpaired) electrons. The van der Waals surface area contributed by atoms with Crippen LogP contribution in [-0.4, -0.2) is 47.6 Å². The first-order valence-electron chi connectivity index (χ1n) is 7.07. The van der Waals surface area contributed by atoms with Gasteiger partial charge in [0, 0.05) is 0 Å². The van der Waals surface area contributed by atoms with Crippen molar-refractivity contribution in [1.29, 1.82) is 0 Å². The van der Waals surface area contributed by atoms with Crippen LogP contribution < -0.4 is 5.32 Å². The number of para-hydroxylation sites is 1. The van der Waals surface area contributed by atoms with E-state index in [0.29, 0.717) is 6.61 Å². The molecule has 1 atom stereocenters. The Kier molecular flexibility index (Phi) is 4.66. The van der Waals surface area contributed by atoms with E-state index in [-0.39, 0.29) is 35.2 Å². The summed E-state index contributed by atoms with van der Waals surface area (Å²) in [4.78, 5) is 16.2. The average molecular weight is 364 g/mol. The molecule has 1 aliphatic rings. The first-order chi connectivity index (χ1) is 11.3. The number of ether oxygens (including phenoxy) is 2. The molecule has 1 N–H and O–H groups in total. The number of halogens is 4. The predicted molar refractivity (Wildman–Crippen MR) is 80.0 cm³/mol. The van der Waals surface area contributed by atoms with Crippen LogP contribution in [0.2, 0.25) is 5.02 Å². The summed E-state index contributed by atoms with van der Waals surface area (Å²) in [5, 5.41) is 2.56. The zero-order valence-corrected chi connectivity index (χ0v) is 13.0. The number of benzene rings is 1. The number of anilines is 1. The highest BCUT2D eigenvalue weighted by molar-refractivity contribution is 6.35. The monoisotopic (exact) mass is 363 g/mol. The smallest absolute Gasteiger partial charge is 0.376 e. The van der Waals surface area contributed by atoms with Crippen molar-refractivity contribution in [3.05, 3.63) is 23.2 Å². The second-order valence-electron chi connectivity index (χ2n) is 5.17. The summed E-state index contributed by atoms with van der Waals surface area (Å²) in [7, 11) is 0. The van der Waals surface area contributed by atoms with Gasteiger partial charge in [0.2, 0.25) is 5.95 Å². The van der Waals surface area contributed by atoms with Gasteiger partial charge in [-0.2, -0.15) is 13.2 Å². The van der Waals surface area contributed by atoms with Gasteiger partial charge in [0.05, 0.1) is 30.4 Å². The minimum absolute atomic E-state index is 0.0338. The molecule has 1 saturated heterocycles. The van der Waals surface area contributed by atoms with Gasteiger partial charge in [0.1, 0.15) is 12.1 Å². The number of rotatable bonds is 3. The Labute approximate surface area is 139 Å². The molecule has 1 aromatic heterocycles. The van der Waals surface area contributed by atoms with E-state index >= 15 is 0 Å². The number of hydrogen-bond acceptors (Lipinski definition) is 4. The van der Waals surface area contributed by atoms with E-state index in [1.165, 1.54) is 18.2 Å². The fraction of sp³-hybridized carbons (Fsp3) is 0.429. The molecule has 0 bridgehead atoms. The van der Waals surface area contributed by atoms with E-state index in [1.807, 2.05) is 0 Å². The van der Waals surface area contributed by atoms with Crippen molar-refractivity contribution in [3.63, 3.8) is 0 Å². The van der Waals surface area contributed by atoms with Crippen molar-refractivity contribution in [3.8, 4) is 0 Å². The van der Waals surface area contributed by atoms with E-state index in [0.717, 1.165) is 4.57 Å². The van der Waals surface area contributed by atoms with Crippen LogP contribution >= 0.6 is 11.6 Å². The number of carbonyl (C=O) groups is 1. The van der Waals surface area contributed by atoms with Crippen LogP contribution in [0.1, 0.15) is 0 Å². The Hall–Kier alpha value is -1.84. The molecule has 2 aromatic rings. The molecule has 2 heterocycles. The van der Waals surface area contributed by atoms with E-state index in [2.05, 4.69) is 10.3 Å². The lowest BCUT2D eigenvalue weighted by Crippen LogP contribution is -2.39. The molecule has 1 amide bonds. The minimum Gasteiger partial charge on any atom is -0.376 e. The second-order valence-corrected chi connectivity index (χ2v) is 5.58. The molecule has 3 rings (SSSR count). The summed E-state index contributed by atoms with van der Waals surface area (Å²) >= 11 is 5.98. The van der Waals surface area contributed by atoms with Crippen LogP contribution in [0.3, 0.4) is 0 Å². The molecule has 24 heavy (non-hydrogen) atoms. The van der Waals surface area contributed by atoms with Crippen molar-refractivity contribution in [1.82, 2.24) is 9.55 Å². The Bertz CT molecular complexity index is 757. The van der Waals surface area contributed by atoms with Crippen LogP contribution in [0.25, 0.3) is 11.0 Å². The van der Waals surface area contributed by atoms with Gasteiger partial charge in [-0.15, -0.1) is 0 Å². The third kappa shape index (κ3) is 3.63. The molecule has 0 spiro atoms. The summed E-state index contributed by atoms with van der Waals surface area (Å²) in [5.41, 5.74) is 0.357. The number of aromatic nitrogens is 2. The maximum absolute atomic E-state index is 12.9. The molecule has 1 aliphatic heterocycles. The lowest BCUT2D eigenvalue weighted by Gasteiger charge is -2.22. The molecule has 130 valence electrons. The molecular formula is C14H13ClF3N3O3. The van der Waals surface area contributed by atoms with Crippen molar-refractivity contribution in [2.24, 2.45) is 0 Å². The largest absolute Gasteiger partial charge is 0.406 e. The summed E-state index contributed by atoms with van der Waals surface area (Å²) in [6.45, 7) is -0.664. The average Bonchev–Trinajstić information content (AvgIpc) is 2.86. The lowest BCUT2D eigenvalue weighted by molar-refractivity contribution is -0.143. The Balaban J connectivity index is 1.95. The number of nitrogens with zero attached hydrogens (tertiary/aromatic N) is 2. The van der Waals surface area contributed by atoms with Gasteiger partial charge in [-0.1, -0.05) is 17.7 Å². The molecular weight excluding hydrogens is 351 g/mol. The summed E-state index contributed by atoms with van der Waals surface area (Å²) in [5.74, 6) is -0.862. The quantitative estimate of drug-likeness (QED) is 0.910. The van der Waals surface area contributed by atoms with Crippen molar-refractivity contribution >= 4 is 34.5 Å². The molecule has 0 aliphatic carbocycles. The number of imidazole rings is 1. The fourth-order valence-corrected chi connectivity index (χ4v) is 2.59. The molecule has 1 unspecified atom stereocenters. The molecule has 6 nitrogen and oxygen atoms in total. The van der Waals surface area contributed by atoms with E-state index in [1.54, 1.807) is 0 Å². The van der Waals surface area contributed by atoms with E-state index < -0.39 is 24.7 Å². The molecule has 0 saturated carbocycles. The predicted octanol–water partition coefficient (Wildman–Crippen LogP) is 2.61. The first-order valence-corrected chi connectivity index (χ1v) is 7.44. The highest BCUT2D eigenvalue weighted by atomic mass is 35.5. The zero-order valence-electron chi connectivity index (χ0n) is 12.3. The van der Waals surface area contributed by atoms with E-state index in [4.69, 9.17) is 21.1 Å². The van der Waals surface area contributed by atoms with Gasteiger partial charge < -0.3 is 14.0 Å². The third-order valence-corrected chi connectivity index (χ3v) is 3.72. The SMILES string of the molecule is O=C(Nc1nc2c(Cl)cccc2n1CC(F)(F)F)C1COCCO1. The number of nitrogens with one attached hydrogen (secondary N) is 1. The standard InChI is InChI=1S/C14H13ClF3N3O3/c15-8-2-1-3-9-11(8)19-13(21(9)7-14(16,17)18)20-12(22)10-6-23-4-5-24-10/h1-3,10H,4-7H2,(H,19,20,22).